The van der Waals surface area contributed by atoms with Crippen molar-refractivity contribution in [3.8, 4) is 5.69 Å². The number of aromatic nitrogens is 4. The first-order valence-corrected chi connectivity index (χ1v) is 10.4. The van der Waals surface area contributed by atoms with Crippen molar-refractivity contribution >= 4 is 40.2 Å². The number of nitrogens with one attached hydrogen (secondary N) is 2. The van der Waals surface area contributed by atoms with Gasteiger partial charge in [0, 0.05) is 17.1 Å². The van der Waals surface area contributed by atoms with Crippen LogP contribution >= 0.6 is 11.8 Å². The Kier molecular flexibility index (Phi) is 6.08. The molecule has 30 heavy (non-hydrogen) atoms. The molecule has 0 amide bonds. The molecule has 0 saturated heterocycles. The molecule has 0 atom stereocenters. The lowest BCUT2D eigenvalue weighted by atomic mass is 10.3. The second kappa shape index (κ2) is 9.08. The lowest BCUT2D eigenvalue weighted by Gasteiger charge is -2.11. The van der Waals surface area contributed by atoms with Crippen LogP contribution in [0.2, 0.25) is 0 Å². The van der Waals surface area contributed by atoms with Gasteiger partial charge in [0.25, 0.3) is 5.76 Å². The van der Waals surface area contributed by atoms with Crippen molar-refractivity contribution in [3.05, 3.63) is 60.8 Å². The van der Waals surface area contributed by atoms with Crippen LogP contribution in [0.5, 0.6) is 0 Å². The maximum atomic E-state index is 12.5. The predicted octanol–water partition coefficient (Wildman–Crippen LogP) is 5.70. The average Bonchev–Trinajstić information content (AvgIpc) is 3.18. The first kappa shape index (κ1) is 20.1. The number of nitrogens with zero attached hydrogens (tertiary/aromatic N) is 4. The van der Waals surface area contributed by atoms with Gasteiger partial charge in [0.1, 0.15) is 5.82 Å². The topological polar surface area (TPSA) is 67.7 Å². The first-order valence-electron chi connectivity index (χ1n) is 9.51. The summed E-state index contributed by atoms with van der Waals surface area (Å²) in [6.07, 6.45) is 2.65. The predicted molar refractivity (Wildman–Crippen MR) is 117 cm³/mol. The Morgan fingerprint density at radius 3 is 2.50 bits per heavy atom. The van der Waals surface area contributed by atoms with Gasteiger partial charge in [0.05, 0.1) is 17.3 Å². The van der Waals surface area contributed by atoms with E-state index >= 15 is 0 Å². The minimum atomic E-state index is -2.44. The molecule has 0 bridgehead atoms. The van der Waals surface area contributed by atoms with Gasteiger partial charge >= 0.3 is 0 Å². The van der Waals surface area contributed by atoms with Gasteiger partial charge in [0.15, 0.2) is 5.65 Å². The Bertz CT molecular complexity index is 1120. The Labute approximate surface area is 176 Å². The second-order valence-corrected chi connectivity index (χ2v) is 7.54. The van der Waals surface area contributed by atoms with Crippen LogP contribution in [-0.2, 0) is 0 Å². The molecule has 0 aliphatic rings. The molecule has 4 rings (SSSR count). The summed E-state index contributed by atoms with van der Waals surface area (Å²) in [5, 5.41) is 11.7. The molecule has 0 aliphatic carbocycles. The largest absolute Gasteiger partial charge is 0.354 e. The maximum Gasteiger partial charge on any atom is 0.288 e. The maximum absolute atomic E-state index is 12.5. The number of rotatable bonds is 8. The molecule has 2 aromatic carbocycles. The standard InChI is InChI=1S/C21H20F2N6S/c1-2-12-24-21-27-18(26-14-8-10-16(11-9-14)30-20(22)23)17-13-25-29(19(17)28-21)15-6-4-3-5-7-15/h3-11,13,20H,2,12H2,1H3,(H2,24,26,27,28). The second-order valence-electron chi connectivity index (χ2n) is 6.48. The Morgan fingerprint density at radius 1 is 1.03 bits per heavy atom. The molecule has 2 aromatic heterocycles. The van der Waals surface area contributed by atoms with Crippen LogP contribution in [-0.4, -0.2) is 32.1 Å². The molecule has 0 aliphatic heterocycles. The lowest BCUT2D eigenvalue weighted by molar-refractivity contribution is 0.252. The van der Waals surface area contributed by atoms with E-state index in [4.69, 9.17) is 0 Å². The highest BCUT2D eigenvalue weighted by molar-refractivity contribution is 7.99. The van der Waals surface area contributed by atoms with Gasteiger partial charge < -0.3 is 10.6 Å². The zero-order valence-corrected chi connectivity index (χ0v) is 17.0. The smallest absolute Gasteiger partial charge is 0.288 e. The summed E-state index contributed by atoms with van der Waals surface area (Å²) in [5.41, 5.74) is 2.30. The number of hydrogen-bond acceptors (Lipinski definition) is 6. The van der Waals surface area contributed by atoms with Crippen molar-refractivity contribution in [2.45, 2.75) is 24.0 Å². The van der Waals surface area contributed by atoms with Crippen LogP contribution in [0, 0.1) is 0 Å². The van der Waals surface area contributed by atoms with Crippen LogP contribution < -0.4 is 10.6 Å². The van der Waals surface area contributed by atoms with Gasteiger partial charge in [-0.2, -0.15) is 23.8 Å². The molecule has 2 N–H and O–H groups in total. The third-order valence-corrected chi connectivity index (χ3v) is 5.03. The number of para-hydroxylation sites is 1. The van der Waals surface area contributed by atoms with Gasteiger partial charge in [-0.1, -0.05) is 36.9 Å². The molecule has 0 spiro atoms. The van der Waals surface area contributed by atoms with Crippen molar-refractivity contribution in [2.24, 2.45) is 0 Å². The highest BCUT2D eigenvalue weighted by Gasteiger charge is 2.14. The molecule has 6 nitrogen and oxygen atoms in total. The summed E-state index contributed by atoms with van der Waals surface area (Å²) >= 11 is 0.518. The Hall–Kier alpha value is -3.20. The van der Waals surface area contributed by atoms with Gasteiger partial charge in [-0.25, -0.2) is 4.68 Å². The van der Waals surface area contributed by atoms with E-state index in [1.807, 2.05) is 30.3 Å². The summed E-state index contributed by atoms with van der Waals surface area (Å²) in [6.45, 7) is 2.81. The molecule has 4 aromatic rings. The van der Waals surface area contributed by atoms with E-state index < -0.39 is 5.76 Å². The number of benzene rings is 2. The molecule has 2 heterocycles. The fraction of sp³-hybridized carbons (Fsp3) is 0.190. The minimum Gasteiger partial charge on any atom is -0.354 e. The highest BCUT2D eigenvalue weighted by Crippen LogP contribution is 2.29. The van der Waals surface area contributed by atoms with E-state index in [2.05, 4.69) is 32.6 Å². The Morgan fingerprint density at radius 2 is 1.80 bits per heavy atom. The van der Waals surface area contributed by atoms with Crippen LogP contribution in [0.15, 0.2) is 65.7 Å². The third kappa shape index (κ3) is 4.51. The van der Waals surface area contributed by atoms with Crippen LogP contribution in [0.1, 0.15) is 13.3 Å². The third-order valence-electron chi connectivity index (χ3n) is 4.30. The van der Waals surface area contributed by atoms with Gasteiger partial charge in [-0.15, -0.1) is 0 Å². The summed E-state index contributed by atoms with van der Waals surface area (Å²) in [7, 11) is 0. The Balaban J connectivity index is 1.72. The zero-order valence-electron chi connectivity index (χ0n) is 16.2. The van der Waals surface area contributed by atoms with Gasteiger partial charge in [-0.3, -0.25) is 0 Å². The molecule has 0 fully saturated rings. The zero-order chi connectivity index (χ0) is 20.9. The van der Waals surface area contributed by atoms with Crippen molar-refractivity contribution in [3.63, 3.8) is 0 Å². The van der Waals surface area contributed by atoms with Crippen LogP contribution in [0.25, 0.3) is 16.7 Å². The lowest BCUT2D eigenvalue weighted by Crippen LogP contribution is -2.07. The molecule has 0 radical (unpaired) electrons. The number of anilines is 3. The SMILES string of the molecule is CCCNc1nc(Nc2ccc(SC(F)F)cc2)c2cnn(-c3ccccc3)c2n1. The fourth-order valence-electron chi connectivity index (χ4n) is 2.93. The van der Waals surface area contributed by atoms with E-state index in [1.165, 1.54) is 0 Å². The normalized spacial score (nSPS) is 11.2. The monoisotopic (exact) mass is 426 g/mol. The number of hydrogen-bond donors (Lipinski definition) is 2. The van der Waals surface area contributed by atoms with E-state index in [0.29, 0.717) is 34.1 Å². The summed E-state index contributed by atoms with van der Waals surface area (Å²) in [4.78, 5) is 9.75. The van der Waals surface area contributed by atoms with Crippen molar-refractivity contribution < 1.29 is 8.78 Å². The highest BCUT2D eigenvalue weighted by atomic mass is 32.2. The van der Waals surface area contributed by atoms with Gasteiger partial charge in [0.2, 0.25) is 5.95 Å². The number of thioether (sulfide) groups is 1. The van der Waals surface area contributed by atoms with E-state index in [1.54, 1.807) is 35.1 Å². The van der Waals surface area contributed by atoms with Crippen molar-refractivity contribution in [1.29, 1.82) is 0 Å². The fourth-order valence-corrected chi connectivity index (χ4v) is 3.43. The first-order chi connectivity index (χ1) is 14.6. The van der Waals surface area contributed by atoms with E-state index in [9.17, 15) is 8.78 Å². The number of fused-ring (bicyclic) bond motifs is 1. The number of alkyl halides is 2. The van der Waals surface area contributed by atoms with Gasteiger partial charge in [-0.05, 0) is 42.8 Å². The van der Waals surface area contributed by atoms with Crippen molar-refractivity contribution in [1.82, 2.24) is 19.7 Å². The molecule has 154 valence electrons. The van der Waals surface area contributed by atoms with E-state index in [-0.39, 0.29) is 0 Å². The summed E-state index contributed by atoms with van der Waals surface area (Å²) in [6, 6.07) is 16.6. The minimum absolute atomic E-state index is 0.495. The number of halogens is 2. The van der Waals surface area contributed by atoms with Crippen LogP contribution in [0.4, 0.5) is 26.2 Å². The molecule has 0 unspecified atom stereocenters. The average molecular weight is 426 g/mol. The summed E-state index contributed by atoms with van der Waals surface area (Å²) < 4.78 is 26.9. The molecule has 0 saturated carbocycles. The molecular formula is C21H20F2N6S. The van der Waals surface area contributed by atoms with E-state index in [0.717, 1.165) is 29.7 Å². The molecular weight excluding hydrogens is 406 g/mol. The van der Waals surface area contributed by atoms with Crippen LogP contribution in [0.3, 0.4) is 0 Å². The van der Waals surface area contributed by atoms with Crippen molar-refractivity contribution in [2.75, 3.05) is 17.2 Å². The summed E-state index contributed by atoms with van der Waals surface area (Å²) in [5.74, 6) is -1.36. The quantitative estimate of drug-likeness (QED) is 0.353. The molecule has 9 heteroatoms.